The lowest BCUT2D eigenvalue weighted by molar-refractivity contribution is 0.0506. The van der Waals surface area contributed by atoms with Crippen molar-refractivity contribution in [2.24, 2.45) is 0 Å². The molecule has 1 heterocycles. The molecule has 0 aliphatic carbocycles. The molecule has 0 bridgehead atoms. The van der Waals surface area contributed by atoms with Gasteiger partial charge in [0.1, 0.15) is 0 Å². The second-order valence-electron chi connectivity index (χ2n) is 4.23. The zero-order chi connectivity index (χ0) is 11.5. The molecule has 1 aromatic rings. The summed E-state index contributed by atoms with van der Waals surface area (Å²) in [5.41, 5.74) is -0.741. The summed E-state index contributed by atoms with van der Waals surface area (Å²) in [6.07, 6.45) is 0.726. The van der Waals surface area contributed by atoms with Gasteiger partial charge >= 0.3 is 0 Å². The topological polar surface area (TPSA) is 32.3 Å². The van der Waals surface area contributed by atoms with Gasteiger partial charge in [-0.1, -0.05) is 13.8 Å². The molecule has 1 rings (SSSR count). The van der Waals surface area contributed by atoms with E-state index >= 15 is 0 Å². The molecule has 0 saturated heterocycles. The predicted molar refractivity (Wildman–Crippen MR) is 69.3 cm³/mol. The number of halogens is 1. The summed E-state index contributed by atoms with van der Waals surface area (Å²) in [4.78, 5) is 1.01. The second-order valence-corrected chi connectivity index (χ2v) is 6.00. The Kier molecular flexibility index (Phi) is 4.77. The first-order chi connectivity index (χ1) is 6.93. The fourth-order valence-electron chi connectivity index (χ4n) is 1.40. The van der Waals surface area contributed by atoms with Crippen molar-refractivity contribution in [1.82, 2.24) is 5.32 Å². The largest absolute Gasteiger partial charge is 0.385 e. The third-order valence-electron chi connectivity index (χ3n) is 2.27. The van der Waals surface area contributed by atoms with E-state index in [9.17, 15) is 5.11 Å². The Morgan fingerprint density at radius 3 is 2.73 bits per heavy atom. The van der Waals surface area contributed by atoms with Crippen molar-refractivity contribution in [2.45, 2.75) is 38.8 Å². The Morgan fingerprint density at radius 1 is 1.60 bits per heavy atom. The van der Waals surface area contributed by atoms with Crippen LogP contribution in [0.1, 0.15) is 32.1 Å². The summed E-state index contributed by atoms with van der Waals surface area (Å²) >= 11 is 5.04. The molecule has 0 aromatic carbocycles. The lowest BCUT2D eigenvalue weighted by atomic mass is 10.0. The summed E-state index contributed by atoms with van der Waals surface area (Å²) in [6, 6.07) is 2.44. The van der Waals surface area contributed by atoms with E-state index < -0.39 is 5.60 Å². The fourth-order valence-corrected chi connectivity index (χ4v) is 3.29. The van der Waals surface area contributed by atoms with Crippen molar-refractivity contribution >= 4 is 27.3 Å². The van der Waals surface area contributed by atoms with Crippen LogP contribution in [0.25, 0.3) is 0 Å². The van der Waals surface area contributed by atoms with Crippen LogP contribution >= 0.6 is 27.3 Å². The van der Waals surface area contributed by atoms with Gasteiger partial charge in [-0.25, -0.2) is 0 Å². The molecule has 0 aliphatic rings. The number of nitrogens with one attached hydrogen (secondary N) is 1. The van der Waals surface area contributed by atoms with Crippen LogP contribution in [-0.4, -0.2) is 17.7 Å². The molecule has 86 valence electrons. The van der Waals surface area contributed by atoms with Gasteiger partial charge in [-0.3, -0.25) is 0 Å². The van der Waals surface area contributed by atoms with Crippen molar-refractivity contribution in [3.05, 3.63) is 20.8 Å². The lowest BCUT2D eigenvalue weighted by Gasteiger charge is -2.23. The minimum atomic E-state index is -0.741. The van der Waals surface area contributed by atoms with Gasteiger partial charge in [0.05, 0.1) is 10.5 Å². The Balaban J connectivity index is 2.56. The van der Waals surface area contributed by atoms with Crippen LogP contribution < -0.4 is 5.32 Å². The van der Waals surface area contributed by atoms with Gasteiger partial charge in [0, 0.05) is 10.5 Å². The molecule has 15 heavy (non-hydrogen) atoms. The molecule has 0 spiro atoms. The third kappa shape index (κ3) is 3.87. The van der Waals surface area contributed by atoms with Crippen molar-refractivity contribution in [3.8, 4) is 0 Å². The quantitative estimate of drug-likeness (QED) is 0.874. The molecular weight excluding hydrogens is 274 g/mol. The average Bonchev–Trinajstić information content (AvgIpc) is 2.50. The van der Waals surface area contributed by atoms with Crippen molar-refractivity contribution in [3.63, 3.8) is 0 Å². The number of thiophene rings is 1. The zero-order valence-electron chi connectivity index (χ0n) is 9.38. The van der Waals surface area contributed by atoms with Crippen LogP contribution in [0.5, 0.6) is 0 Å². The van der Waals surface area contributed by atoms with E-state index in [2.05, 4.69) is 35.1 Å². The zero-order valence-corrected chi connectivity index (χ0v) is 11.8. The van der Waals surface area contributed by atoms with E-state index in [0.717, 1.165) is 22.3 Å². The van der Waals surface area contributed by atoms with Crippen LogP contribution in [0.4, 0.5) is 0 Å². The van der Waals surface area contributed by atoms with Crippen molar-refractivity contribution < 1.29 is 5.11 Å². The Labute approximate surface area is 104 Å². The first-order valence-corrected chi connectivity index (χ1v) is 6.80. The van der Waals surface area contributed by atoms with E-state index in [-0.39, 0.29) is 0 Å². The molecular formula is C11H18BrNOS. The van der Waals surface area contributed by atoms with Gasteiger partial charge in [0.2, 0.25) is 0 Å². The molecule has 1 unspecified atom stereocenters. The van der Waals surface area contributed by atoms with Gasteiger partial charge in [0.25, 0.3) is 0 Å². The van der Waals surface area contributed by atoms with Crippen LogP contribution in [0.2, 0.25) is 0 Å². The van der Waals surface area contributed by atoms with Gasteiger partial charge in [-0.05, 0) is 47.3 Å². The summed E-state index contributed by atoms with van der Waals surface area (Å²) in [7, 11) is 0. The van der Waals surface area contributed by atoms with Crippen LogP contribution in [-0.2, 0) is 5.60 Å². The molecule has 4 heteroatoms. The summed E-state index contributed by atoms with van der Waals surface area (Å²) in [6.45, 7) is 6.91. The summed E-state index contributed by atoms with van der Waals surface area (Å²) in [5, 5.41) is 15.6. The van der Waals surface area contributed by atoms with E-state index in [4.69, 9.17) is 0 Å². The van der Waals surface area contributed by atoms with E-state index in [1.807, 2.05) is 18.4 Å². The summed E-state index contributed by atoms with van der Waals surface area (Å²) < 4.78 is 1.00. The lowest BCUT2D eigenvalue weighted by Crippen LogP contribution is -2.30. The van der Waals surface area contributed by atoms with Gasteiger partial charge in [0.15, 0.2) is 0 Å². The first-order valence-electron chi connectivity index (χ1n) is 5.12. The maximum absolute atomic E-state index is 10.3. The van der Waals surface area contributed by atoms with Crippen LogP contribution in [0, 0.1) is 0 Å². The SMILES string of the molecule is CC(C)NCCC(C)(O)c1sccc1Br. The molecule has 0 saturated carbocycles. The number of hydrogen-bond donors (Lipinski definition) is 2. The van der Waals surface area contributed by atoms with E-state index in [1.54, 1.807) is 11.3 Å². The Hall–Kier alpha value is 0.100. The minimum Gasteiger partial charge on any atom is -0.385 e. The predicted octanol–water partition coefficient (Wildman–Crippen LogP) is 3.11. The first kappa shape index (κ1) is 13.2. The van der Waals surface area contributed by atoms with Crippen molar-refractivity contribution in [2.75, 3.05) is 6.54 Å². The minimum absolute atomic E-state index is 0.465. The highest BCUT2D eigenvalue weighted by molar-refractivity contribution is 9.10. The third-order valence-corrected chi connectivity index (χ3v) is 4.36. The number of hydrogen-bond acceptors (Lipinski definition) is 3. The Morgan fingerprint density at radius 2 is 2.27 bits per heavy atom. The van der Waals surface area contributed by atoms with Crippen LogP contribution in [0.15, 0.2) is 15.9 Å². The maximum atomic E-state index is 10.3. The van der Waals surface area contributed by atoms with E-state index in [1.165, 1.54) is 0 Å². The smallest absolute Gasteiger partial charge is 0.0983 e. The molecule has 2 N–H and O–H groups in total. The molecule has 0 aliphatic heterocycles. The number of rotatable bonds is 5. The van der Waals surface area contributed by atoms with Crippen molar-refractivity contribution in [1.29, 1.82) is 0 Å². The molecule has 1 atom stereocenters. The van der Waals surface area contributed by atoms with Crippen LogP contribution in [0.3, 0.4) is 0 Å². The van der Waals surface area contributed by atoms with Gasteiger partial charge in [-0.15, -0.1) is 11.3 Å². The normalized spacial score (nSPS) is 15.6. The molecule has 0 fully saturated rings. The summed E-state index contributed by atoms with van der Waals surface area (Å²) in [5.74, 6) is 0. The monoisotopic (exact) mass is 291 g/mol. The maximum Gasteiger partial charge on any atom is 0.0983 e. The molecule has 0 amide bonds. The highest BCUT2D eigenvalue weighted by Crippen LogP contribution is 2.35. The highest BCUT2D eigenvalue weighted by Gasteiger charge is 2.26. The van der Waals surface area contributed by atoms with E-state index in [0.29, 0.717) is 6.04 Å². The Bertz CT molecular complexity index is 309. The molecule has 2 nitrogen and oxygen atoms in total. The standard InChI is InChI=1S/C11H18BrNOS/c1-8(2)13-6-5-11(3,14)10-9(12)4-7-15-10/h4,7-8,13-14H,5-6H2,1-3H3. The van der Waals surface area contributed by atoms with Gasteiger partial charge in [-0.2, -0.15) is 0 Å². The molecule has 0 radical (unpaired) electrons. The fraction of sp³-hybridized carbons (Fsp3) is 0.636. The second kappa shape index (κ2) is 5.43. The van der Waals surface area contributed by atoms with Gasteiger partial charge < -0.3 is 10.4 Å². The number of aliphatic hydroxyl groups is 1. The molecule has 1 aromatic heterocycles. The average molecular weight is 292 g/mol. The highest BCUT2D eigenvalue weighted by atomic mass is 79.9.